The smallest absolute Gasteiger partial charge is 0.230 e. The summed E-state index contributed by atoms with van der Waals surface area (Å²) >= 11 is 1.64. The number of rotatable bonds is 7. The Morgan fingerprint density at radius 2 is 2.07 bits per heavy atom. The lowest BCUT2D eigenvalue weighted by Crippen LogP contribution is -2.35. The first-order valence-corrected chi connectivity index (χ1v) is 6.41. The first kappa shape index (κ1) is 14.8. The molecule has 4 heteroatoms. The van der Waals surface area contributed by atoms with Gasteiger partial charge in [-0.1, -0.05) is 27.7 Å². The summed E-state index contributed by atoms with van der Waals surface area (Å²) < 4.78 is 0. The summed E-state index contributed by atoms with van der Waals surface area (Å²) in [4.78, 5) is 11.4. The van der Waals surface area contributed by atoms with Gasteiger partial charge in [0.15, 0.2) is 0 Å². The van der Waals surface area contributed by atoms with Gasteiger partial charge in [0.05, 0.1) is 5.75 Å². The van der Waals surface area contributed by atoms with E-state index in [-0.39, 0.29) is 17.9 Å². The molecular weight excluding hydrogens is 210 g/mol. The fraction of sp³-hybridized carbons (Fsp3) is 0.909. The lowest BCUT2D eigenvalue weighted by atomic mass is 9.90. The number of nitrogens with one attached hydrogen (secondary N) is 1. The lowest BCUT2D eigenvalue weighted by molar-refractivity contribution is -0.119. The second-order valence-electron chi connectivity index (χ2n) is 4.77. The molecule has 0 aliphatic heterocycles. The fourth-order valence-electron chi connectivity index (χ4n) is 1.02. The molecule has 0 aromatic rings. The fourth-order valence-corrected chi connectivity index (χ4v) is 1.61. The Labute approximate surface area is 97.0 Å². The zero-order valence-corrected chi connectivity index (χ0v) is 11.0. The molecule has 15 heavy (non-hydrogen) atoms. The first-order valence-electron chi connectivity index (χ1n) is 5.36. The molecule has 0 heterocycles. The van der Waals surface area contributed by atoms with Crippen molar-refractivity contribution in [1.29, 1.82) is 0 Å². The Morgan fingerprint density at radius 1 is 1.47 bits per heavy atom. The van der Waals surface area contributed by atoms with Gasteiger partial charge in [0, 0.05) is 13.2 Å². The standard InChI is InChI=1S/C11H23NO2S/c1-9(2)15-7-10(14)12-8-11(3,4)5-6-13/h9,13H,5-8H2,1-4H3,(H,12,14). The third-order valence-corrected chi connectivity index (χ3v) is 3.20. The third kappa shape index (κ3) is 8.75. The molecule has 0 aromatic carbocycles. The Bertz CT molecular complexity index is 193. The predicted octanol–water partition coefficient (Wildman–Crippen LogP) is 1.65. The molecule has 3 nitrogen and oxygen atoms in total. The summed E-state index contributed by atoms with van der Waals surface area (Å²) in [5.74, 6) is 0.604. The number of carbonyl (C=O) groups is 1. The van der Waals surface area contributed by atoms with Crippen LogP contribution in [0.5, 0.6) is 0 Å². The van der Waals surface area contributed by atoms with Gasteiger partial charge in [-0.2, -0.15) is 0 Å². The lowest BCUT2D eigenvalue weighted by Gasteiger charge is -2.23. The molecule has 90 valence electrons. The van der Waals surface area contributed by atoms with Gasteiger partial charge in [-0.25, -0.2) is 0 Å². The largest absolute Gasteiger partial charge is 0.396 e. The number of thioether (sulfide) groups is 1. The van der Waals surface area contributed by atoms with Crippen LogP contribution in [0.3, 0.4) is 0 Å². The van der Waals surface area contributed by atoms with E-state index < -0.39 is 0 Å². The van der Waals surface area contributed by atoms with Gasteiger partial charge in [0.2, 0.25) is 5.91 Å². The maximum absolute atomic E-state index is 11.4. The minimum absolute atomic E-state index is 0.0209. The van der Waals surface area contributed by atoms with Crippen LogP contribution in [0, 0.1) is 5.41 Å². The highest BCUT2D eigenvalue weighted by atomic mass is 32.2. The van der Waals surface area contributed by atoms with Crippen molar-refractivity contribution in [3.05, 3.63) is 0 Å². The molecule has 0 radical (unpaired) electrons. The Morgan fingerprint density at radius 3 is 2.53 bits per heavy atom. The first-order chi connectivity index (χ1) is 6.87. The minimum Gasteiger partial charge on any atom is -0.396 e. The van der Waals surface area contributed by atoms with Crippen molar-refractivity contribution < 1.29 is 9.90 Å². The summed E-state index contributed by atoms with van der Waals surface area (Å²) in [6, 6.07) is 0. The zero-order valence-electron chi connectivity index (χ0n) is 10.2. The molecule has 0 spiro atoms. The summed E-state index contributed by atoms with van der Waals surface area (Å²) in [5.41, 5.74) is -0.0209. The van der Waals surface area contributed by atoms with Gasteiger partial charge in [-0.15, -0.1) is 11.8 Å². The van der Waals surface area contributed by atoms with Crippen LogP contribution in [0.15, 0.2) is 0 Å². The topological polar surface area (TPSA) is 49.3 Å². The van der Waals surface area contributed by atoms with E-state index in [2.05, 4.69) is 19.2 Å². The Hall–Kier alpha value is -0.220. The second kappa shape index (κ2) is 7.12. The average Bonchev–Trinajstić information content (AvgIpc) is 2.11. The molecule has 0 unspecified atom stereocenters. The van der Waals surface area contributed by atoms with Crippen LogP contribution in [-0.2, 0) is 4.79 Å². The zero-order chi connectivity index (χ0) is 11.9. The van der Waals surface area contributed by atoms with E-state index >= 15 is 0 Å². The van der Waals surface area contributed by atoms with Crippen molar-refractivity contribution in [2.45, 2.75) is 39.4 Å². The number of amides is 1. The van der Waals surface area contributed by atoms with Gasteiger partial charge in [0.25, 0.3) is 0 Å². The highest BCUT2D eigenvalue weighted by Crippen LogP contribution is 2.18. The molecule has 0 aromatic heterocycles. The van der Waals surface area contributed by atoms with Crippen molar-refractivity contribution >= 4 is 17.7 Å². The summed E-state index contributed by atoms with van der Waals surface area (Å²) in [7, 11) is 0. The summed E-state index contributed by atoms with van der Waals surface area (Å²) in [5, 5.41) is 12.2. The maximum Gasteiger partial charge on any atom is 0.230 e. The molecule has 0 bridgehead atoms. The van der Waals surface area contributed by atoms with Crippen LogP contribution in [0.2, 0.25) is 0 Å². The van der Waals surface area contributed by atoms with Crippen LogP contribution >= 0.6 is 11.8 Å². The molecule has 0 aliphatic rings. The van der Waals surface area contributed by atoms with Crippen molar-refractivity contribution in [3.63, 3.8) is 0 Å². The average molecular weight is 233 g/mol. The van der Waals surface area contributed by atoms with E-state index in [9.17, 15) is 4.79 Å². The maximum atomic E-state index is 11.4. The Balaban J connectivity index is 3.70. The van der Waals surface area contributed by atoms with Crippen molar-refractivity contribution in [2.75, 3.05) is 18.9 Å². The number of hydrogen-bond donors (Lipinski definition) is 2. The predicted molar refractivity (Wildman–Crippen MR) is 66.1 cm³/mol. The van der Waals surface area contributed by atoms with Crippen molar-refractivity contribution in [3.8, 4) is 0 Å². The second-order valence-corrected chi connectivity index (χ2v) is 6.34. The molecule has 2 N–H and O–H groups in total. The van der Waals surface area contributed by atoms with E-state index in [0.29, 0.717) is 24.0 Å². The van der Waals surface area contributed by atoms with Gasteiger partial charge >= 0.3 is 0 Å². The van der Waals surface area contributed by atoms with Gasteiger partial charge < -0.3 is 10.4 Å². The van der Waals surface area contributed by atoms with Gasteiger partial charge in [0.1, 0.15) is 0 Å². The molecule has 0 atom stereocenters. The van der Waals surface area contributed by atoms with E-state index in [1.807, 2.05) is 13.8 Å². The van der Waals surface area contributed by atoms with Crippen molar-refractivity contribution in [2.24, 2.45) is 5.41 Å². The molecule has 0 saturated carbocycles. The van der Waals surface area contributed by atoms with E-state index in [1.165, 1.54) is 0 Å². The van der Waals surface area contributed by atoms with Crippen LogP contribution in [0.25, 0.3) is 0 Å². The number of carbonyl (C=O) groups excluding carboxylic acids is 1. The minimum atomic E-state index is -0.0209. The number of aliphatic hydroxyl groups is 1. The van der Waals surface area contributed by atoms with Gasteiger partial charge in [-0.05, 0) is 17.1 Å². The highest BCUT2D eigenvalue weighted by Gasteiger charge is 2.17. The monoisotopic (exact) mass is 233 g/mol. The van der Waals surface area contributed by atoms with E-state index in [0.717, 1.165) is 0 Å². The van der Waals surface area contributed by atoms with Crippen LogP contribution < -0.4 is 5.32 Å². The van der Waals surface area contributed by atoms with Crippen LogP contribution in [0.4, 0.5) is 0 Å². The summed E-state index contributed by atoms with van der Waals surface area (Å²) in [6.45, 7) is 9.04. The molecule has 0 fully saturated rings. The highest BCUT2D eigenvalue weighted by molar-refractivity contribution is 8.00. The molecule has 0 aliphatic carbocycles. The molecule has 0 rings (SSSR count). The molecule has 1 amide bonds. The number of aliphatic hydroxyl groups excluding tert-OH is 1. The quantitative estimate of drug-likeness (QED) is 0.703. The van der Waals surface area contributed by atoms with Crippen LogP contribution in [0.1, 0.15) is 34.1 Å². The SMILES string of the molecule is CC(C)SCC(=O)NCC(C)(C)CCO. The molecular formula is C11H23NO2S. The van der Waals surface area contributed by atoms with E-state index in [1.54, 1.807) is 11.8 Å². The van der Waals surface area contributed by atoms with E-state index in [4.69, 9.17) is 5.11 Å². The normalized spacial score (nSPS) is 11.9. The van der Waals surface area contributed by atoms with Gasteiger partial charge in [-0.3, -0.25) is 4.79 Å². The Kier molecular flexibility index (Phi) is 7.02. The van der Waals surface area contributed by atoms with Crippen molar-refractivity contribution in [1.82, 2.24) is 5.32 Å². The molecule has 0 saturated heterocycles. The third-order valence-electron chi connectivity index (χ3n) is 2.10. The van der Waals surface area contributed by atoms with Crippen LogP contribution in [-0.4, -0.2) is 35.2 Å². The number of hydrogen-bond acceptors (Lipinski definition) is 3. The summed E-state index contributed by atoms with van der Waals surface area (Å²) in [6.07, 6.45) is 0.713.